The molecule has 1 unspecified atom stereocenters. The monoisotopic (exact) mass is 432 g/mol. The number of hydrogen-bond acceptors (Lipinski definition) is 5. The van der Waals surface area contributed by atoms with E-state index in [1.165, 1.54) is 21.3 Å². The van der Waals surface area contributed by atoms with E-state index in [4.69, 9.17) is 14.2 Å². The van der Waals surface area contributed by atoms with Crippen LogP contribution in [0.5, 0.6) is 17.2 Å². The molecule has 0 aliphatic carbocycles. The van der Waals surface area contributed by atoms with E-state index in [1.54, 1.807) is 41.3 Å². The molecule has 1 aliphatic rings. The van der Waals surface area contributed by atoms with Crippen LogP contribution in [0.25, 0.3) is 0 Å². The molecule has 0 radical (unpaired) electrons. The number of ether oxygens (including phenoxy) is 3. The third-order valence-electron chi connectivity index (χ3n) is 5.45. The zero-order valence-electron chi connectivity index (χ0n) is 18.1. The summed E-state index contributed by atoms with van der Waals surface area (Å²) in [5.41, 5.74) is 2.69. The van der Waals surface area contributed by atoms with Crippen molar-refractivity contribution < 1.29 is 23.8 Å². The number of methoxy groups -OCH3 is 3. The van der Waals surface area contributed by atoms with Gasteiger partial charge in [0.1, 0.15) is 6.04 Å². The van der Waals surface area contributed by atoms with Gasteiger partial charge in [0.25, 0.3) is 5.91 Å². The molecule has 0 aromatic heterocycles. The van der Waals surface area contributed by atoms with Crippen molar-refractivity contribution in [2.45, 2.75) is 12.5 Å². The number of nitrogens with zero attached hydrogens (tertiary/aromatic N) is 1. The van der Waals surface area contributed by atoms with Crippen molar-refractivity contribution >= 4 is 23.2 Å². The molecule has 1 heterocycles. The standard InChI is InChI=1S/C25H24N2O5/c1-30-21-14-18(15-22(31-2)23(21)32-3)26-24(28)20-13-17-11-7-8-12-19(17)27(20)25(29)16-9-5-4-6-10-16/h4-12,14-15,20H,13H2,1-3H3,(H,26,28). The molecule has 164 valence electrons. The number of fused-ring (bicyclic) bond motifs is 1. The fourth-order valence-electron chi connectivity index (χ4n) is 3.95. The Morgan fingerprint density at radius 1 is 0.875 bits per heavy atom. The Bertz CT molecular complexity index is 1120. The van der Waals surface area contributed by atoms with E-state index in [0.717, 1.165) is 11.3 Å². The molecule has 3 aromatic rings. The van der Waals surface area contributed by atoms with Crippen LogP contribution in [0.4, 0.5) is 11.4 Å². The van der Waals surface area contributed by atoms with E-state index in [9.17, 15) is 9.59 Å². The maximum absolute atomic E-state index is 13.4. The van der Waals surface area contributed by atoms with Gasteiger partial charge in [0.15, 0.2) is 11.5 Å². The highest BCUT2D eigenvalue weighted by Gasteiger charge is 2.38. The molecule has 4 rings (SSSR count). The van der Waals surface area contributed by atoms with Crippen molar-refractivity contribution in [2.75, 3.05) is 31.5 Å². The van der Waals surface area contributed by atoms with Gasteiger partial charge in [-0.15, -0.1) is 0 Å². The molecule has 0 saturated heterocycles. The summed E-state index contributed by atoms with van der Waals surface area (Å²) in [4.78, 5) is 28.3. The van der Waals surface area contributed by atoms with Crippen molar-refractivity contribution in [1.29, 1.82) is 0 Å². The smallest absolute Gasteiger partial charge is 0.259 e. The Balaban J connectivity index is 1.66. The molecule has 0 saturated carbocycles. The summed E-state index contributed by atoms with van der Waals surface area (Å²) >= 11 is 0. The summed E-state index contributed by atoms with van der Waals surface area (Å²) in [6, 6.07) is 19.1. The predicted octanol–water partition coefficient (Wildman–Crippen LogP) is 3.92. The van der Waals surface area contributed by atoms with Gasteiger partial charge in [-0.25, -0.2) is 0 Å². The fraction of sp³-hybridized carbons (Fsp3) is 0.200. The number of hydrogen-bond donors (Lipinski definition) is 1. The van der Waals surface area contributed by atoms with E-state index in [-0.39, 0.29) is 11.8 Å². The quantitative estimate of drug-likeness (QED) is 0.639. The average Bonchev–Trinajstić information content (AvgIpc) is 3.23. The van der Waals surface area contributed by atoms with Crippen LogP contribution in [0.3, 0.4) is 0 Å². The average molecular weight is 432 g/mol. The maximum atomic E-state index is 13.4. The van der Waals surface area contributed by atoms with Crippen molar-refractivity contribution in [1.82, 2.24) is 0 Å². The lowest BCUT2D eigenvalue weighted by Gasteiger charge is -2.25. The predicted molar refractivity (Wildman–Crippen MR) is 122 cm³/mol. The van der Waals surface area contributed by atoms with Crippen LogP contribution in [0.15, 0.2) is 66.7 Å². The molecule has 2 amide bonds. The number of rotatable bonds is 6. The molecular weight excluding hydrogens is 408 g/mol. The van der Waals surface area contributed by atoms with Crippen LogP contribution in [0.2, 0.25) is 0 Å². The number of carbonyl (C=O) groups is 2. The number of nitrogens with one attached hydrogen (secondary N) is 1. The number of para-hydroxylation sites is 1. The van der Waals surface area contributed by atoms with Crippen LogP contribution >= 0.6 is 0 Å². The second kappa shape index (κ2) is 9.01. The zero-order chi connectivity index (χ0) is 22.7. The van der Waals surface area contributed by atoms with Gasteiger partial charge in [0.2, 0.25) is 11.7 Å². The van der Waals surface area contributed by atoms with Gasteiger partial charge in [-0.05, 0) is 23.8 Å². The molecule has 0 spiro atoms. The third kappa shape index (κ3) is 3.85. The number of benzene rings is 3. The normalized spacial score (nSPS) is 14.5. The van der Waals surface area contributed by atoms with Gasteiger partial charge in [-0.2, -0.15) is 0 Å². The Kier molecular flexibility index (Phi) is 5.98. The topological polar surface area (TPSA) is 77.1 Å². The largest absolute Gasteiger partial charge is 0.493 e. The van der Waals surface area contributed by atoms with Crippen molar-refractivity contribution in [3.05, 3.63) is 77.9 Å². The Labute approximate surface area is 186 Å². The van der Waals surface area contributed by atoms with Gasteiger partial charge >= 0.3 is 0 Å². The molecule has 32 heavy (non-hydrogen) atoms. The third-order valence-corrected chi connectivity index (χ3v) is 5.45. The minimum Gasteiger partial charge on any atom is -0.493 e. The van der Waals surface area contributed by atoms with Gasteiger partial charge in [-0.3, -0.25) is 14.5 Å². The van der Waals surface area contributed by atoms with E-state index < -0.39 is 6.04 Å². The Morgan fingerprint density at radius 2 is 1.50 bits per heavy atom. The highest BCUT2D eigenvalue weighted by Crippen LogP contribution is 2.40. The molecule has 1 N–H and O–H groups in total. The summed E-state index contributed by atoms with van der Waals surface area (Å²) in [6.07, 6.45) is 0.422. The summed E-state index contributed by atoms with van der Waals surface area (Å²) in [5.74, 6) is 0.755. The molecular formula is C25H24N2O5. The fourth-order valence-corrected chi connectivity index (χ4v) is 3.95. The summed E-state index contributed by atoms with van der Waals surface area (Å²) in [5, 5.41) is 2.91. The molecule has 7 nitrogen and oxygen atoms in total. The first-order valence-corrected chi connectivity index (χ1v) is 10.1. The molecule has 0 bridgehead atoms. The first-order valence-electron chi connectivity index (χ1n) is 10.1. The summed E-state index contributed by atoms with van der Waals surface area (Å²) in [6.45, 7) is 0. The lowest BCUT2D eigenvalue weighted by molar-refractivity contribution is -0.117. The van der Waals surface area contributed by atoms with Crippen molar-refractivity contribution in [3.63, 3.8) is 0 Å². The van der Waals surface area contributed by atoms with E-state index in [0.29, 0.717) is 34.9 Å². The molecule has 7 heteroatoms. The molecule has 3 aromatic carbocycles. The van der Waals surface area contributed by atoms with E-state index >= 15 is 0 Å². The first-order chi connectivity index (χ1) is 15.6. The lowest BCUT2D eigenvalue weighted by Crippen LogP contribution is -2.45. The maximum Gasteiger partial charge on any atom is 0.259 e. The van der Waals surface area contributed by atoms with Crippen molar-refractivity contribution in [2.24, 2.45) is 0 Å². The van der Waals surface area contributed by atoms with Crippen LogP contribution in [-0.2, 0) is 11.2 Å². The summed E-state index contributed by atoms with van der Waals surface area (Å²) in [7, 11) is 4.54. The highest BCUT2D eigenvalue weighted by molar-refractivity contribution is 6.13. The van der Waals surface area contributed by atoms with Gasteiger partial charge in [0, 0.05) is 35.5 Å². The van der Waals surface area contributed by atoms with Crippen LogP contribution in [0, 0.1) is 0 Å². The molecule has 1 aliphatic heterocycles. The van der Waals surface area contributed by atoms with E-state index in [2.05, 4.69) is 5.32 Å². The summed E-state index contributed by atoms with van der Waals surface area (Å²) < 4.78 is 16.1. The minimum absolute atomic E-state index is 0.222. The van der Waals surface area contributed by atoms with Crippen LogP contribution < -0.4 is 24.4 Å². The second-order valence-electron chi connectivity index (χ2n) is 7.29. The highest BCUT2D eigenvalue weighted by atomic mass is 16.5. The Hall–Kier alpha value is -4.00. The second-order valence-corrected chi connectivity index (χ2v) is 7.29. The number of amides is 2. The van der Waals surface area contributed by atoms with Crippen LogP contribution in [-0.4, -0.2) is 39.2 Å². The number of anilines is 2. The zero-order valence-corrected chi connectivity index (χ0v) is 18.1. The van der Waals surface area contributed by atoms with Crippen LogP contribution in [0.1, 0.15) is 15.9 Å². The number of carbonyl (C=O) groups excluding carboxylic acids is 2. The SMILES string of the molecule is COc1cc(NC(=O)C2Cc3ccccc3N2C(=O)c2ccccc2)cc(OC)c1OC. The van der Waals surface area contributed by atoms with Crippen molar-refractivity contribution in [3.8, 4) is 17.2 Å². The van der Waals surface area contributed by atoms with Gasteiger partial charge in [-0.1, -0.05) is 36.4 Å². The first kappa shape index (κ1) is 21.2. The molecule has 0 fully saturated rings. The van der Waals surface area contributed by atoms with E-state index in [1.807, 2.05) is 30.3 Å². The minimum atomic E-state index is -0.695. The lowest BCUT2D eigenvalue weighted by atomic mass is 10.1. The van der Waals surface area contributed by atoms with Gasteiger partial charge < -0.3 is 19.5 Å². The van der Waals surface area contributed by atoms with Gasteiger partial charge in [0.05, 0.1) is 21.3 Å². The Morgan fingerprint density at radius 3 is 2.12 bits per heavy atom. The molecule has 1 atom stereocenters.